The van der Waals surface area contributed by atoms with Crippen molar-refractivity contribution in [2.45, 2.75) is 12.9 Å². The van der Waals surface area contributed by atoms with Crippen LogP contribution in [0.3, 0.4) is 0 Å². The Morgan fingerprint density at radius 3 is 1.83 bits per heavy atom. The fourth-order valence-corrected chi connectivity index (χ4v) is 0.586. The zero-order valence-electron chi connectivity index (χ0n) is 7.93. The smallest absolute Gasteiger partial charge is 0.320 e. The van der Waals surface area contributed by atoms with E-state index in [1.807, 2.05) is 0 Å². The predicted octanol–water partition coefficient (Wildman–Crippen LogP) is 1.16. The van der Waals surface area contributed by atoms with Gasteiger partial charge < -0.3 is 14.2 Å². The predicted molar refractivity (Wildman–Crippen MR) is 46.3 cm³/mol. The minimum atomic E-state index is -1.26. The van der Waals surface area contributed by atoms with Crippen molar-refractivity contribution < 1.29 is 14.2 Å². The van der Waals surface area contributed by atoms with Gasteiger partial charge in [0.2, 0.25) is 0 Å². The highest BCUT2D eigenvalue weighted by atomic mass is 16.9. The Hall–Kier alpha value is -0.820. The fraction of sp³-hybridized carbons (Fsp3) is 0.556. The van der Waals surface area contributed by atoms with Crippen LogP contribution in [0.25, 0.3) is 0 Å². The second kappa shape index (κ2) is 4.94. The summed E-state index contributed by atoms with van der Waals surface area (Å²) in [5, 5.41) is 0. The summed E-state index contributed by atoms with van der Waals surface area (Å²) < 4.78 is 14.8. The SMILES string of the molecule is C=C(C)C#CC(OC)(OC)OC. The Labute approximate surface area is 73.3 Å². The quantitative estimate of drug-likeness (QED) is 0.470. The van der Waals surface area contributed by atoms with E-state index < -0.39 is 5.97 Å². The first kappa shape index (κ1) is 11.2. The molecule has 68 valence electrons. The van der Waals surface area contributed by atoms with E-state index in [0.29, 0.717) is 0 Å². The molecule has 0 aromatic rings. The van der Waals surface area contributed by atoms with Gasteiger partial charge in [0, 0.05) is 21.3 Å². The number of methoxy groups -OCH3 is 3. The second-order valence-electron chi connectivity index (χ2n) is 2.20. The summed E-state index contributed by atoms with van der Waals surface area (Å²) in [5.74, 6) is 4.12. The molecule has 0 bridgehead atoms. The summed E-state index contributed by atoms with van der Waals surface area (Å²) in [6.07, 6.45) is 0. The van der Waals surface area contributed by atoms with Crippen LogP contribution in [0.15, 0.2) is 12.2 Å². The summed E-state index contributed by atoms with van der Waals surface area (Å²) in [7, 11) is 4.38. The van der Waals surface area contributed by atoms with Crippen molar-refractivity contribution in [2.75, 3.05) is 21.3 Å². The largest absolute Gasteiger partial charge is 0.352 e. The van der Waals surface area contributed by atoms with Crippen LogP contribution in [-0.4, -0.2) is 27.3 Å². The van der Waals surface area contributed by atoms with Gasteiger partial charge in [-0.3, -0.25) is 0 Å². The van der Waals surface area contributed by atoms with Crippen LogP contribution in [0.2, 0.25) is 0 Å². The van der Waals surface area contributed by atoms with Crippen molar-refractivity contribution in [2.24, 2.45) is 0 Å². The van der Waals surface area contributed by atoms with Crippen molar-refractivity contribution in [3.8, 4) is 11.8 Å². The first-order valence-corrected chi connectivity index (χ1v) is 3.44. The molecule has 0 fully saturated rings. The minimum Gasteiger partial charge on any atom is -0.320 e. The zero-order chi connectivity index (χ0) is 9.61. The van der Waals surface area contributed by atoms with Crippen molar-refractivity contribution in [1.82, 2.24) is 0 Å². The molecule has 0 aliphatic carbocycles. The number of rotatable bonds is 3. The Kier molecular flexibility index (Phi) is 4.60. The maximum Gasteiger partial charge on any atom is 0.352 e. The highest BCUT2D eigenvalue weighted by molar-refractivity contribution is 5.25. The average molecular weight is 170 g/mol. The molecule has 3 heteroatoms. The van der Waals surface area contributed by atoms with Crippen LogP contribution in [0.5, 0.6) is 0 Å². The van der Waals surface area contributed by atoms with Gasteiger partial charge in [-0.1, -0.05) is 12.5 Å². The standard InChI is InChI=1S/C9H14O3/c1-8(2)6-7-9(10-3,11-4)12-5/h1H2,2-5H3. The average Bonchev–Trinajstić information content (AvgIpc) is 2.08. The molecule has 0 heterocycles. The van der Waals surface area contributed by atoms with Gasteiger partial charge in [0.15, 0.2) is 0 Å². The molecule has 12 heavy (non-hydrogen) atoms. The second-order valence-corrected chi connectivity index (χ2v) is 2.20. The molecule has 0 atom stereocenters. The Morgan fingerprint density at radius 2 is 1.58 bits per heavy atom. The molecule has 0 aliphatic heterocycles. The van der Waals surface area contributed by atoms with Gasteiger partial charge >= 0.3 is 5.97 Å². The third kappa shape index (κ3) is 3.05. The number of hydrogen-bond acceptors (Lipinski definition) is 3. The lowest BCUT2D eigenvalue weighted by atomic mass is 10.3. The summed E-state index contributed by atoms with van der Waals surface area (Å²) >= 11 is 0. The van der Waals surface area contributed by atoms with Gasteiger partial charge in [-0.05, 0) is 18.4 Å². The van der Waals surface area contributed by atoms with Crippen molar-refractivity contribution in [1.29, 1.82) is 0 Å². The lowest BCUT2D eigenvalue weighted by Crippen LogP contribution is -2.34. The molecular formula is C9H14O3. The van der Waals surface area contributed by atoms with E-state index in [9.17, 15) is 0 Å². The van der Waals surface area contributed by atoms with Crippen molar-refractivity contribution in [3.05, 3.63) is 12.2 Å². The lowest BCUT2D eigenvalue weighted by Gasteiger charge is -2.21. The first-order chi connectivity index (χ1) is 5.60. The molecule has 0 saturated heterocycles. The van der Waals surface area contributed by atoms with E-state index in [2.05, 4.69) is 18.4 Å². The molecule has 0 spiro atoms. The van der Waals surface area contributed by atoms with Crippen LogP contribution in [-0.2, 0) is 14.2 Å². The topological polar surface area (TPSA) is 27.7 Å². The third-order valence-corrected chi connectivity index (χ3v) is 1.24. The van der Waals surface area contributed by atoms with Crippen molar-refractivity contribution in [3.63, 3.8) is 0 Å². The fourth-order valence-electron chi connectivity index (χ4n) is 0.586. The van der Waals surface area contributed by atoms with Gasteiger partial charge in [-0.2, -0.15) is 0 Å². The third-order valence-electron chi connectivity index (χ3n) is 1.24. The van der Waals surface area contributed by atoms with Crippen LogP contribution in [0.1, 0.15) is 6.92 Å². The van der Waals surface area contributed by atoms with E-state index in [4.69, 9.17) is 14.2 Å². The van der Waals surface area contributed by atoms with E-state index in [1.54, 1.807) is 6.92 Å². The minimum absolute atomic E-state index is 0.727. The molecule has 0 aromatic heterocycles. The summed E-state index contributed by atoms with van der Waals surface area (Å²) in [4.78, 5) is 0. The molecule has 0 aliphatic rings. The van der Waals surface area contributed by atoms with Crippen LogP contribution >= 0.6 is 0 Å². The molecule has 3 nitrogen and oxygen atoms in total. The van der Waals surface area contributed by atoms with Gasteiger partial charge in [0.25, 0.3) is 0 Å². The molecule has 0 N–H and O–H groups in total. The van der Waals surface area contributed by atoms with Gasteiger partial charge in [0.05, 0.1) is 0 Å². The molecule has 0 radical (unpaired) electrons. The molecule has 0 unspecified atom stereocenters. The van der Waals surface area contributed by atoms with E-state index in [-0.39, 0.29) is 0 Å². The van der Waals surface area contributed by atoms with Crippen LogP contribution in [0, 0.1) is 11.8 Å². The maximum absolute atomic E-state index is 4.93. The summed E-state index contributed by atoms with van der Waals surface area (Å²) in [6.45, 7) is 5.41. The Bertz CT molecular complexity index is 197. The van der Waals surface area contributed by atoms with E-state index >= 15 is 0 Å². The summed E-state index contributed by atoms with van der Waals surface area (Å²) in [5.41, 5.74) is 0.727. The van der Waals surface area contributed by atoms with Crippen molar-refractivity contribution >= 4 is 0 Å². The highest BCUT2D eigenvalue weighted by Gasteiger charge is 2.26. The molecule has 0 saturated carbocycles. The molecule has 0 aromatic carbocycles. The first-order valence-electron chi connectivity index (χ1n) is 3.44. The number of hydrogen-bond donors (Lipinski definition) is 0. The van der Waals surface area contributed by atoms with Crippen LogP contribution in [0.4, 0.5) is 0 Å². The molecule has 0 rings (SSSR count). The number of ether oxygens (including phenoxy) is 3. The highest BCUT2D eigenvalue weighted by Crippen LogP contribution is 2.09. The maximum atomic E-state index is 4.93. The lowest BCUT2D eigenvalue weighted by molar-refractivity contribution is -0.311. The van der Waals surface area contributed by atoms with Gasteiger partial charge in [0.1, 0.15) is 0 Å². The van der Waals surface area contributed by atoms with E-state index in [0.717, 1.165) is 5.57 Å². The molecular weight excluding hydrogens is 156 g/mol. The molecule has 0 amide bonds. The number of allylic oxidation sites excluding steroid dienone is 1. The normalized spacial score (nSPS) is 10.3. The summed E-state index contributed by atoms with van der Waals surface area (Å²) in [6, 6.07) is 0. The van der Waals surface area contributed by atoms with Crippen LogP contribution < -0.4 is 0 Å². The van der Waals surface area contributed by atoms with Gasteiger partial charge in [-0.25, -0.2) is 0 Å². The Morgan fingerprint density at radius 1 is 1.17 bits per heavy atom. The van der Waals surface area contributed by atoms with Gasteiger partial charge in [-0.15, -0.1) is 0 Å². The van der Waals surface area contributed by atoms with E-state index in [1.165, 1.54) is 21.3 Å². The Balaban J connectivity index is 4.54. The zero-order valence-corrected chi connectivity index (χ0v) is 7.93. The monoisotopic (exact) mass is 170 g/mol.